The number of anilines is 1. The molecular formula is C25H19ClN6O. The van der Waals surface area contributed by atoms with Gasteiger partial charge in [-0.25, -0.2) is 19.3 Å². The van der Waals surface area contributed by atoms with Gasteiger partial charge in [0.1, 0.15) is 5.69 Å². The number of nitrogens with one attached hydrogen (secondary N) is 1. The van der Waals surface area contributed by atoms with E-state index in [-0.39, 0.29) is 12.1 Å². The number of hydrogen-bond donors (Lipinski definition) is 1. The van der Waals surface area contributed by atoms with Crippen molar-refractivity contribution in [1.29, 1.82) is 0 Å². The van der Waals surface area contributed by atoms with Gasteiger partial charge in [-0.2, -0.15) is 10.2 Å². The Morgan fingerprint density at radius 2 is 2.00 bits per heavy atom. The molecule has 0 fully saturated rings. The Kier molecular flexibility index (Phi) is 5.51. The smallest absolute Gasteiger partial charge is 0.306 e. The van der Waals surface area contributed by atoms with Crippen LogP contribution in [0.4, 0.5) is 10.5 Å². The number of carbonyl (C=O) groups excluding carboxylic acids is 1. The van der Waals surface area contributed by atoms with Crippen LogP contribution in [0.1, 0.15) is 34.8 Å². The predicted molar refractivity (Wildman–Crippen MR) is 128 cm³/mol. The molecule has 162 valence electrons. The topological polar surface area (TPSA) is 74.9 Å². The molecule has 1 N–H and O–H groups in total. The molecule has 0 bridgehead atoms. The summed E-state index contributed by atoms with van der Waals surface area (Å²) in [7, 11) is 0. The fraction of sp³-hybridized carbons (Fsp3) is 0.120. The molecule has 1 aliphatic heterocycles. The highest BCUT2D eigenvalue weighted by atomic mass is 35.5. The number of fused-ring (bicyclic) bond motifs is 1. The third-order valence-corrected chi connectivity index (χ3v) is 5.64. The zero-order valence-corrected chi connectivity index (χ0v) is 18.5. The number of imidazole rings is 1. The average molecular weight is 455 g/mol. The minimum atomic E-state index is -0.308. The first-order valence-electron chi connectivity index (χ1n) is 10.4. The van der Waals surface area contributed by atoms with Gasteiger partial charge in [-0.3, -0.25) is 0 Å². The number of amides is 2. The lowest BCUT2D eigenvalue weighted by Gasteiger charge is -2.22. The van der Waals surface area contributed by atoms with E-state index in [9.17, 15) is 4.79 Å². The standard InChI is InChI=1S/C25H19ClN6O/c1-17-4-10-21(15-19(17)7-11-22-16-27-24-3-2-13-28-31(22)24)30-25(33)32-23(12-14-29-32)18-5-8-20(26)9-6-18/h2-6,8-10,13-16,23H,12H2,1H3,(H,30,33). The van der Waals surface area contributed by atoms with Crippen molar-refractivity contribution in [1.82, 2.24) is 19.6 Å². The van der Waals surface area contributed by atoms with Gasteiger partial charge in [-0.1, -0.05) is 35.7 Å². The second kappa shape index (κ2) is 8.77. The Bertz CT molecular complexity index is 1430. The SMILES string of the molecule is Cc1ccc(NC(=O)N2N=CCC2c2ccc(Cl)cc2)cc1C#Cc1cnc2cccnn12. The third kappa shape index (κ3) is 4.29. The fourth-order valence-corrected chi connectivity index (χ4v) is 3.76. The molecule has 1 atom stereocenters. The van der Waals surface area contributed by atoms with Crippen molar-refractivity contribution in [2.24, 2.45) is 5.10 Å². The van der Waals surface area contributed by atoms with Gasteiger partial charge in [0, 0.05) is 35.1 Å². The Morgan fingerprint density at radius 1 is 1.15 bits per heavy atom. The molecule has 8 heteroatoms. The Balaban J connectivity index is 1.36. The van der Waals surface area contributed by atoms with Crippen molar-refractivity contribution in [2.45, 2.75) is 19.4 Å². The Morgan fingerprint density at radius 3 is 2.85 bits per heavy atom. The normalized spacial score (nSPS) is 14.8. The van der Waals surface area contributed by atoms with Gasteiger partial charge < -0.3 is 5.32 Å². The van der Waals surface area contributed by atoms with Gasteiger partial charge in [0.15, 0.2) is 5.65 Å². The molecule has 0 saturated carbocycles. The predicted octanol–water partition coefficient (Wildman–Crippen LogP) is 5.06. The zero-order valence-electron chi connectivity index (χ0n) is 17.7. The zero-order chi connectivity index (χ0) is 22.8. The number of hydrogen-bond acceptors (Lipinski definition) is 4. The van der Waals surface area contributed by atoms with Crippen LogP contribution < -0.4 is 5.32 Å². The summed E-state index contributed by atoms with van der Waals surface area (Å²) >= 11 is 6.00. The maximum Gasteiger partial charge on any atom is 0.342 e. The van der Waals surface area contributed by atoms with E-state index in [2.05, 4.69) is 32.3 Å². The molecule has 2 aromatic carbocycles. The monoisotopic (exact) mass is 454 g/mol. The summed E-state index contributed by atoms with van der Waals surface area (Å²) in [5, 5.41) is 13.6. The van der Waals surface area contributed by atoms with Crippen molar-refractivity contribution >= 4 is 35.2 Å². The molecule has 0 saturated heterocycles. The number of halogens is 1. The van der Waals surface area contributed by atoms with Crippen LogP contribution in [-0.2, 0) is 0 Å². The number of aromatic nitrogens is 3. The first-order valence-corrected chi connectivity index (χ1v) is 10.8. The van der Waals surface area contributed by atoms with Crippen molar-refractivity contribution in [3.63, 3.8) is 0 Å². The molecular weight excluding hydrogens is 436 g/mol. The summed E-state index contributed by atoms with van der Waals surface area (Å²) < 4.78 is 1.69. The lowest BCUT2D eigenvalue weighted by atomic mass is 10.0. The number of hydrazone groups is 1. The van der Waals surface area contributed by atoms with E-state index < -0.39 is 0 Å². The summed E-state index contributed by atoms with van der Waals surface area (Å²) in [5.41, 5.74) is 4.85. The largest absolute Gasteiger partial charge is 0.342 e. The maximum absolute atomic E-state index is 13.0. The highest BCUT2D eigenvalue weighted by Crippen LogP contribution is 2.29. The van der Waals surface area contributed by atoms with Gasteiger partial charge in [0.05, 0.1) is 12.2 Å². The Hall–Kier alpha value is -4.15. The van der Waals surface area contributed by atoms with E-state index >= 15 is 0 Å². The molecule has 0 aliphatic carbocycles. The number of urea groups is 1. The molecule has 0 radical (unpaired) electrons. The molecule has 2 amide bonds. The summed E-state index contributed by atoms with van der Waals surface area (Å²) in [6.07, 6.45) is 5.78. The van der Waals surface area contributed by atoms with Crippen LogP contribution >= 0.6 is 11.6 Å². The van der Waals surface area contributed by atoms with Crippen LogP contribution in [0.15, 0.2) is 72.1 Å². The summed E-state index contributed by atoms with van der Waals surface area (Å²) in [6.45, 7) is 1.98. The molecule has 4 aromatic rings. The molecule has 1 aliphatic rings. The van der Waals surface area contributed by atoms with E-state index in [0.29, 0.717) is 22.8 Å². The molecule has 5 rings (SSSR count). The van der Waals surface area contributed by atoms with Gasteiger partial charge in [-0.15, -0.1) is 0 Å². The first kappa shape index (κ1) is 20.7. The van der Waals surface area contributed by atoms with Crippen LogP contribution in [0, 0.1) is 18.8 Å². The van der Waals surface area contributed by atoms with E-state index in [0.717, 1.165) is 22.3 Å². The van der Waals surface area contributed by atoms with Crippen LogP contribution in [0.25, 0.3) is 5.65 Å². The molecule has 33 heavy (non-hydrogen) atoms. The van der Waals surface area contributed by atoms with Gasteiger partial charge in [0.2, 0.25) is 0 Å². The van der Waals surface area contributed by atoms with Gasteiger partial charge >= 0.3 is 6.03 Å². The van der Waals surface area contributed by atoms with Crippen LogP contribution in [-0.4, -0.2) is 31.9 Å². The fourth-order valence-electron chi connectivity index (χ4n) is 3.63. The number of nitrogens with zero attached hydrogens (tertiary/aromatic N) is 5. The number of aryl methyl sites for hydroxylation is 1. The molecule has 1 unspecified atom stereocenters. The number of rotatable bonds is 2. The molecule has 2 aromatic heterocycles. The van der Waals surface area contributed by atoms with Crippen molar-refractivity contribution in [3.8, 4) is 11.8 Å². The minimum absolute atomic E-state index is 0.172. The summed E-state index contributed by atoms with van der Waals surface area (Å²) in [6, 6.07) is 16.3. The number of benzene rings is 2. The second-order valence-corrected chi connectivity index (χ2v) is 8.03. The minimum Gasteiger partial charge on any atom is -0.306 e. The summed E-state index contributed by atoms with van der Waals surface area (Å²) in [4.78, 5) is 17.3. The van der Waals surface area contributed by atoms with E-state index in [1.807, 2.05) is 61.5 Å². The van der Waals surface area contributed by atoms with Gasteiger partial charge in [-0.05, 0) is 60.4 Å². The first-order chi connectivity index (χ1) is 16.1. The van der Waals surface area contributed by atoms with E-state index in [1.165, 1.54) is 5.01 Å². The van der Waals surface area contributed by atoms with Crippen LogP contribution in [0.2, 0.25) is 5.02 Å². The van der Waals surface area contributed by atoms with Crippen molar-refractivity contribution in [3.05, 3.63) is 94.4 Å². The lowest BCUT2D eigenvalue weighted by molar-refractivity contribution is 0.200. The third-order valence-electron chi connectivity index (χ3n) is 5.38. The molecule has 7 nitrogen and oxygen atoms in total. The van der Waals surface area contributed by atoms with Crippen molar-refractivity contribution < 1.29 is 4.79 Å². The highest BCUT2D eigenvalue weighted by molar-refractivity contribution is 6.30. The summed E-state index contributed by atoms with van der Waals surface area (Å²) in [5.74, 6) is 6.30. The maximum atomic E-state index is 13.0. The average Bonchev–Trinajstić information content (AvgIpc) is 3.47. The number of carbonyl (C=O) groups is 1. The van der Waals surface area contributed by atoms with Crippen LogP contribution in [0.3, 0.4) is 0 Å². The molecule has 0 spiro atoms. The quantitative estimate of drug-likeness (QED) is 0.430. The Labute approximate surface area is 195 Å². The van der Waals surface area contributed by atoms with Gasteiger partial charge in [0.25, 0.3) is 0 Å². The lowest BCUT2D eigenvalue weighted by Crippen LogP contribution is -2.31. The molecule has 3 heterocycles. The second-order valence-electron chi connectivity index (χ2n) is 7.59. The van der Waals surface area contributed by atoms with Crippen molar-refractivity contribution in [2.75, 3.05) is 5.32 Å². The van der Waals surface area contributed by atoms with Crippen LogP contribution in [0.5, 0.6) is 0 Å². The van der Waals surface area contributed by atoms with E-state index in [4.69, 9.17) is 11.6 Å². The van der Waals surface area contributed by atoms with E-state index in [1.54, 1.807) is 23.1 Å². The highest BCUT2D eigenvalue weighted by Gasteiger charge is 2.28.